The summed E-state index contributed by atoms with van der Waals surface area (Å²) in [6, 6.07) is 0. The van der Waals surface area contributed by atoms with Gasteiger partial charge in [-0.05, 0) is 0 Å². The van der Waals surface area contributed by atoms with E-state index < -0.39 is 0 Å². The molecule has 0 fully saturated rings. The van der Waals surface area contributed by atoms with Gasteiger partial charge in [0.1, 0.15) is 0 Å². The van der Waals surface area contributed by atoms with Crippen LogP contribution in [0.1, 0.15) is 0 Å². The van der Waals surface area contributed by atoms with Gasteiger partial charge in [-0.25, -0.2) is 0 Å². The van der Waals surface area contributed by atoms with Crippen LogP contribution in [0.25, 0.3) is 0 Å². The minimum absolute atomic E-state index is 0. The molecule has 4 heavy (non-hydrogen) atoms. The molecule has 0 N–H and O–H groups in total. The van der Waals surface area contributed by atoms with Crippen LogP contribution in [-0.2, 0) is 17.4 Å². The van der Waals surface area contributed by atoms with E-state index in [0.29, 0.717) is 0 Å². The molecule has 28 valence electrons. The molecular formula is CrF3-. The molecule has 0 aliphatic carbocycles. The van der Waals surface area contributed by atoms with Crippen LogP contribution in [0, 0.1) is 0 Å². The van der Waals surface area contributed by atoms with Gasteiger partial charge in [0.25, 0.3) is 0 Å². The molecular weight excluding hydrogens is 109 g/mol. The molecule has 0 aliphatic heterocycles. The summed E-state index contributed by atoms with van der Waals surface area (Å²) < 4.78 is 0. The summed E-state index contributed by atoms with van der Waals surface area (Å²) in [4.78, 5) is 0. The summed E-state index contributed by atoms with van der Waals surface area (Å²) in [6.07, 6.45) is 0. The SMILES string of the molecule is [Cr+2].[F-].[F-].[F-]. The molecule has 0 aliphatic rings. The normalized spacial score (nSPS) is 0. The topological polar surface area (TPSA) is 0 Å². The van der Waals surface area contributed by atoms with E-state index in [4.69, 9.17) is 0 Å². The fraction of sp³-hybridized carbons (Fsp3) is 0. The van der Waals surface area contributed by atoms with Crippen LogP contribution in [0.5, 0.6) is 0 Å². The number of hydrogen-bond donors (Lipinski definition) is 0. The maximum atomic E-state index is 0. The molecule has 0 bridgehead atoms. The van der Waals surface area contributed by atoms with E-state index in [1.165, 1.54) is 0 Å². The van der Waals surface area contributed by atoms with Gasteiger partial charge in [0, 0.05) is 0 Å². The number of hydrogen-bond acceptors (Lipinski definition) is 0. The molecule has 0 radical (unpaired) electrons. The largest absolute Gasteiger partial charge is 2.00 e. The Hall–Kier alpha value is 0.322. The maximum absolute atomic E-state index is 0. The van der Waals surface area contributed by atoms with E-state index in [1.54, 1.807) is 0 Å². The van der Waals surface area contributed by atoms with Crippen molar-refractivity contribution in [2.75, 3.05) is 0 Å². The van der Waals surface area contributed by atoms with Gasteiger partial charge in [-0.1, -0.05) is 0 Å². The van der Waals surface area contributed by atoms with Crippen LogP contribution in [0.15, 0.2) is 0 Å². The summed E-state index contributed by atoms with van der Waals surface area (Å²) >= 11 is 0. The first-order valence-electron chi connectivity index (χ1n) is 0. The van der Waals surface area contributed by atoms with Gasteiger partial charge in [-0.2, -0.15) is 0 Å². The van der Waals surface area contributed by atoms with Gasteiger partial charge < -0.3 is 14.1 Å². The van der Waals surface area contributed by atoms with Crippen LogP contribution in [0.4, 0.5) is 0 Å². The molecule has 0 heterocycles. The smallest absolute Gasteiger partial charge is 1.00 e. The zero-order chi connectivity index (χ0) is 0. The molecule has 0 saturated carbocycles. The predicted octanol–water partition coefficient (Wildman–Crippen LogP) is -8.99. The Morgan fingerprint density at radius 2 is 0.500 bits per heavy atom. The molecule has 0 aromatic rings. The summed E-state index contributed by atoms with van der Waals surface area (Å²) in [5.74, 6) is 0. The van der Waals surface area contributed by atoms with Gasteiger partial charge in [0.05, 0.1) is 0 Å². The summed E-state index contributed by atoms with van der Waals surface area (Å²) in [6.45, 7) is 0. The van der Waals surface area contributed by atoms with Crippen molar-refractivity contribution in [1.29, 1.82) is 0 Å². The fourth-order valence-corrected chi connectivity index (χ4v) is 0. The summed E-state index contributed by atoms with van der Waals surface area (Å²) in [5, 5.41) is 0. The Morgan fingerprint density at radius 1 is 0.500 bits per heavy atom. The van der Waals surface area contributed by atoms with Crippen LogP contribution < -0.4 is 14.1 Å². The average Bonchev–Trinajstić information content (AvgIpc) is 0. The van der Waals surface area contributed by atoms with E-state index in [2.05, 4.69) is 0 Å². The molecule has 0 amide bonds. The van der Waals surface area contributed by atoms with Crippen molar-refractivity contribution in [3.05, 3.63) is 0 Å². The van der Waals surface area contributed by atoms with Gasteiger partial charge in [0.2, 0.25) is 0 Å². The van der Waals surface area contributed by atoms with Gasteiger partial charge in [0.15, 0.2) is 0 Å². The molecule has 0 saturated heterocycles. The van der Waals surface area contributed by atoms with Gasteiger partial charge >= 0.3 is 17.4 Å². The van der Waals surface area contributed by atoms with Crippen molar-refractivity contribution in [3.63, 3.8) is 0 Å². The monoisotopic (exact) mass is 109 g/mol. The van der Waals surface area contributed by atoms with E-state index in [-0.39, 0.29) is 31.5 Å². The van der Waals surface area contributed by atoms with Crippen LogP contribution >= 0.6 is 0 Å². The third kappa shape index (κ3) is 39.1. The number of rotatable bonds is 0. The Balaban J connectivity index is 0. The quantitative estimate of drug-likeness (QED) is 0.290. The third-order valence-electron chi connectivity index (χ3n) is 0. The first-order chi connectivity index (χ1) is 0. The van der Waals surface area contributed by atoms with E-state index in [1.807, 2.05) is 0 Å². The molecule has 0 aromatic heterocycles. The van der Waals surface area contributed by atoms with Gasteiger partial charge in [-0.3, -0.25) is 0 Å². The maximum Gasteiger partial charge on any atom is 2.00 e. The zero-order valence-corrected chi connectivity index (χ0v) is 2.82. The minimum atomic E-state index is 0. The second-order valence-corrected chi connectivity index (χ2v) is 0. The Bertz CT molecular complexity index is 3.25. The first-order valence-corrected chi connectivity index (χ1v) is 0. The minimum Gasteiger partial charge on any atom is -1.00 e. The molecule has 0 rings (SSSR count). The van der Waals surface area contributed by atoms with E-state index in [0.717, 1.165) is 0 Å². The van der Waals surface area contributed by atoms with Crippen LogP contribution in [-0.4, -0.2) is 0 Å². The van der Waals surface area contributed by atoms with E-state index in [9.17, 15) is 0 Å². The van der Waals surface area contributed by atoms with Crippen LogP contribution in [0.3, 0.4) is 0 Å². The van der Waals surface area contributed by atoms with E-state index >= 15 is 0 Å². The van der Waals surface area contributed by atoms with Crippen LogP contribution in [0.2, 0.25) is 0 Å². The second-order valence-electron chi connectivity index (χ2n) is 0. The molecule has 0 unspecified atom stereocenters. The molecule has 0 spiro atoms. The van der Waals surface area contributed by atoms with Crippen molar-refractivity contribution >= 4 is 0 Å². The van der Waals surface area contributed by atoms with Crippen molar-refractivity contribution in [2.24, 2.45) is 0 Å². The van der Waals surface area contributed by atoms with Crippen molar-refractivity contribution in [1.82, 2.24) is 0 Å². The van der Waals surface area contributed by atoms with Gasteiger partial charge in [-0.15, -0.1) is 0 Å². The Morgan fingerprint density at radius 3 is 0.500 bits per heavy atom. The first kappa shape index (κ1) is 459. The molecule has 0 nitrogen and oxygen atoms in total. The fourth-order valence-electron chi connectivity index (χ4n) is 0. The summed E-state index contributed by atoms with van der Waals surface area (Å²) in [5.41, 5.74) is 0. The van der Waals surface area contributed by atoms with Crippen molar-refractivity contribution in [2.45, 2.75) is 0 Å². The Kier molecular flexibility index (Phi) is 19800. The number of halogens is 3. The Labute approximate surface area is 32.4 Å². The average molecular weight is 109 g/mol. The molecule has 0 aromatic carbocycles. The molecule has 4 heteroatoms. The third-order valence-corrected chi connectivity index (χ3v) is 0. The van der Waals surface area contributed by atoms with Crippen molar-refractivity contribution < 1.29 is 31.5 Å². The summed E-state index contributed by atoms with van der Waals surface area (Å²) in [7, 11) is 0. The predicted molar refractivity (Wildman–Crippen MR) is 0 cm³/mol. The second kappa shape index (κ2) is 172. The molecule has 0 atom stereocenters. The zero-order valence-electron chi connectivity index (χ0n) is 1.54. The standard InChI is InChI=1S/Cr.3FH/h;3*1H/q+2;;;/p-3. The van der Waals surface area contributed by atoms with Crippen molar-refractivity contribution in [3.8, 4) is 0 Å².